The maximum atomic E-state index is 12.3. The first-order valence-corrected chi connectivity index (χ1v) is 4.86. The van der Waals surface area contributed by atoms with Crippen LogP contribution < -0.4 is 11.3 Å². The smallest absolute Gasteiger partial charge is 0.259 e. The SMILES string of the molecule is NNC(c1cscc1Br)C(F)F. The lowest BCUT2D eigenvalue weighted by atomic mass is 10.2. The van der Waals surface area contributed by atoms with E-state index in [1.165, 1.54) is 11.3 Å². The van der Waals surface area contributed by atoms with Gasteiger partial charge in [0, 0.05) is 15.4 Å². The first-order chi connectivity index (χ1) is 5.66. The quantitative estimate of drug-likeness (QED) is 0.644. The predicted octanol–water partition coefficient (Wildman–Crippen LogP) is 2.28. The molecule has 1 heterocycles. The molecule has 1 unspecified atom stereocenters. The maximum absolute atomic E-state index is 12.3. The van der Waals surface area contributed by atoms with Crippen LogP contribution in [0.2, 0.25) is 0 Å². The Morgan fingerprint density at radius 2 is 2.17 bits per heavy atom. The molecule has 0 amide bonds. The van der Waals surface area contributed by atoms with Gasteiger partial charge in [0.15, 0.2) is 0 Å². The minimum atomic E-state index is -2.50. The highest BCUT2D eigenvalue weighted by atomic mass is 79.9. The Hall–Kier alpha value is -0.0400. The number of hydrogen-bond donors (Lipinski definition) is 2. The van der Waals surface area contributed by atoms with Crippen LogP contribution in [0.15, 0.2) is 15.2 Å². The van der Waals surface area contributed by atoms with Gasteiger partial charge in [-0.1, -0.05) is 0 Å². The van der Waals surface area contributed by atoms with Crippen molar-refractivity contribution >= 4 is 27.3 Å². The minimum Gasteiger partial charge on any atom is -0.271 e. The Kier molecular flexibility index (Phi) is 3.57. The second kappa shape index (κ2) is 4.27. The van der Waals surface area contributed by atoms with Crippen molar-refractivity contribution in [1.82, 2.24) is 5.43 Å². The fourth-order valence-electron chi connectivity index (χ4n) is 0.812. The van der Waals surface area contributed by atoms with Crippen molar-refractivity contribution in [3.63, 3.8) is 0 Å². The monoisotopic (exact) mass is 256 g/mol. The third-order valence-corrected chi connectivity index (χ3v) is 3.16. The second-order valence-electron chi connectivity index (χ2n) is 2.15. The molecule has 0 radical (unpaired) electrons. The van der Waals surface area contributed by atoms with Crippen LogP contribution in [0, 0.1) is 0 Å². The Labute approximate surface area is 80.9 Å². The van der Waals surface area contributed by atoms with Crippen molar-refractivity contribution in [2.75, 3.05) is 0 Å². The van der Waals surface area contributed by atoms with E-state index in [1.54, 1.807) is 10.8 Å². The zero-order valence-electron chi connectivity index (χ0n) is 5.93. The number of rotatable bonds is 3. The molecule has 0 aliphatic rings. The van der Waals surface area contributed by atoms with Crippen molar-refractivity contribution < 1.29 is 8.78 Å². The van der Waals surface area contributed by atoms with Crippen LogP contribution in [0.1, 0.15) is 11.6 Å². The summed E-state index contributed by atoms with van der Waals surface area (Å²) in [5.74, 6) is 4.99. The van der Waals surface area contributed by atoms with Gasteiger partial charge in [-0.3, -0.25) is 5.84 Å². The average molecular weight is 257 g/mol. The van der Waals surface area contributed by atoms with Crippen LogP contribution in [0.4, 0.5) is 8.78 Å². The van der Waals surface area contributed by atoms with Crippen LogP contribution in [0.25, 0.3) is 0 Å². The largest absolute Gasteiger partial charge is 0.271 e. The zero-order valence-corrected chi connectivity index (χ0v) is 8.33. The third-order valence-electron chi connectivity index (χ3n) is 1.41. The number of alkyl halides is 2. The molecule has 0 spiro atoms. The number of nitrogens with one attached hydrogen (secondary N) is 1. The Balaban J connectivity index is 2.87. The topological polar surface area (TPSA) is 38.0 Å². The van der Waals surface area contributed by atoms with Gasteiger partial charge in [0.2, 0.25) is 0 Å². The van der Waals surface area contributed by atoms with Crippen molar-refractivity contribution in [3.8, 4) is 0 Å². The molecule has 0 fully saturated rings. The molecule has 0 aliphatic carbocycles. The van der Waals surface area contributed by atoms with Crippen LogP contribution >= 0.6 is 27.3 Å². The van der Waals surface area contributed by atoms with Gasteiger partial charge in [-0.05, 0) is 21.3 Å². The molecule has 12 heavy (non-hydrogen) atoms. The van der Waals surface area contributed by atoms with Crippen LogP contribution in [-0.4, -0.2) is 6.43 Å². The molecular formula is C6H7BrF2N2S. The molecule has 1 aromatic rings. The molecule has 0 bridgehead atoms. The zero-order chi connectivity index (χ0) is 9.14. The maximum Gasteiger partial charge on any atom is 0.259 e. The molecule has 2 nitrogen and oxygen atoms in total. The molecule has 68 valence electrons. The van der Waals surface area contributed by atoms with E-state index in [1.807, 2.05) is 0 Å². The lowest BCUT2D eigenvalue weighted by molar-refractivity contribution is 0.0985. The summed E-state index contributed by atoms with van der Waals surface area (Å²) in [7, 11) is 0. The molecule has 0 saturated carbocycles. The predicted molar refractivity (Wildman–Crippen MR) is 48.1 cm³/mol. The van der Waals surface area contributed by atoms with E-state index >= 15 is 0 Å². The number of thiophene rings is 1. The highest BCUT2D eigenvalue weighted by molar-refractivity contribution is 9.10. The van der Waals surface area contributed by atoms with Crippen LogP contribution in [0.5, 0.6) is 0 Å². The summed E-state index contributed by atoms with van der Waals surface area (Å²) in [6, 6.07) is -1.09. The van der Waals surface area contributed by atoms with Crippen LogP contribution in [0.3, 0.4) is 0 Å². The second-order valence-corrected chi connectivity index (χ2v) is 3.75. The number of hydrazine groups is 1. The fraction of sp³-hybridized carbons (Fsp3) is 0.333. The molecule has 3 N–H and O–H groups in total. The Morgan fingerprint density at radius 1 is 1.50 bits per heavy atom. The summed E-state index contributed by atoms with van der Waals surface area (Å²) in [5, 5.41) is 3.38. The lowest BCUT2D eigenvalue weighted by Crippen LogP contribution is -2.32. The fourth-order valence-corrected chi connectivity index (χ4v) is 2.39. The lowest BCUT2D eigenvalue weighted by Gasteiger charge is -2.13. The summed E-state index contributed by atoms with van der Waals surface area (Å²) in [5.41, 5.74) is 2.57. The molecule has 0 saturated heterocycles. The van der Waals surface area contributed by atoms with Crippen LogP contribution in [-0.2, 0) is 0 Å². The van der Waals surface area contributed by atoms with E-state index in [0.717, 1.165) is 0 Å². The molecule has 0 aromatic carbocycles. The molecule has 1 rings (SSSR count). The summed E-state index contributed by atoms with van der Waals surface area (Å²) in [4.78, 5) is 0. The molecular weight excluding hydrogens is 250 g/mol. The van der Waals surface area contributed by atoms with Crippen molar-refractivity contribution in [1.29, 1.82) is 0 Å². The highest BCUT2D eigenvalue weighted by Gasteiger charge is 2.23. The van der Waals surface area contributed by atoms with Crippen molar-refractivity contribution in [3.05, 3.63) is 20.8 Å². The van der Waals surface area contributed by atoms with Gasteiger partial charge in [0.05, 0.1) is 0 Å². The number of nitrogens with two attached hydrogens (primary N) is 1. The van der Waals surface area contributed by atoms with E-state index in [2.05, 4.69) is 21.4 Å². The standard InChI is InChI=1S/C6H7BrF2N2S/c7-4-2-12-1-3(4)5(11-10)6(8)9/h1-2,5-6,11H,10H2. The van der Waals surface area contributed by atoms with Gasteiger partial charge in [0.1, 0.15) is 6.04 Å². The van der Waals surface area contributed by atoms with E-state index in [-0.39, 0.29) is 0 Å². The van der Waals surface area contributed by atoms with E-state index < -0.39 is 12.5 Å². The van der Waals surface area contributed by atoms with Gasteiger partial charge < -0.3 is 0 Å². The Morgan fingerprint density at radius 3 is 2.50 bits per heavy atom. The number of halogens is 3. The molecule has 1 aromatic heterocycles. The summed E-state index contributed by atoms with van der Waals surface area (Å²) >= 11 is 4.51. The van der Waals surface area contributed by atoms with E-state index in [0.29, 0.717) is 10.0 Å². The Bertz CT molecular complexity index is 253. The normalized spacial score (nSPS) is 13.8. The van der Waals surface area contributed by atoms with E-state index in [4.69, 9.17) is 5.84 Å². The van der Waals surface area contributed by atoms with Gasteiger partial charge in [-0.25, -0.2) is 14.2 Å². The molecule has 1 atom stereocenters. The number of hydrogen-bond acceptors (Lipinski definition) is 3. The van der Waals surface area contributed by atoms with E-state index in [9.17, 15) is 8.78 Å². The van der Waals surface area contributed by atoms with Gasteiger partial charge >= 0.3 is 0 Å². The van der Waals surface area contributed by atoms with Crippen molar-refractivity contribution in [2.24, 2.45) is 5.84 Å². The van der Waals surface area contributed by atoms with Crippen molar-refractivity contribution in [2.45, 2.75) is 12.5 Å². The summed E-state index contributed by atoms with van der Waals surface area (Å²) < 4.78 is 25.2. The first kappa shape index (κ1) is 10.0. The highest BCUT2D eigenvalue weighted by Crippen LogP contribution is 2.30. The van der Waals surface area contributed by atoms with Gasteiger partial charge in [-0.15, -0.1) is 0 Å². The minimum absolute atomic E-state index is 0.498. The summed E-state index contributed by atoms with van der Waals surface area (Å²) in [6.07, 6.45) is -2.50. The van der Waals surface area contributed by atoms with Gasteiger partial charge in [0.25, 0.3) is 6.43 Å². The molecule has 6 heteroatoms. The molecule has 0 aliphatic heterocycles. The van der Waals surface area contributed by atoms with Gasteiger partial charge in [-0.2, -0.15) is 11.3 Å². The summed E-state index contributed by atoms with van der Waals surface area (Å²) in [6.45, 7) is 0. The average Bonchev–Trinajstić information content (AvgIpc) is 2.38. The third kappa shape index (κ3) is 2.01. The first-order valence-electron chi connectivity index (χ1n) is 3.12.